The molecule has 1 aromatic carbocycles. The number of hydrogen-bond acceptors (Lipinski definition) is 4. The average Bonchev–Trinajstić information content (AvgIpc) is 2.42. The van der Waals surface area contributed by atoms with E-state index in [0.29, 0.717) is 24.2 Å². The standard InChI is InChI=1S/C13H19N3O3/c1-3-7-14-13(17)9-15-11-6-5-10(4-2)12(8-11)16(18)19/h5-6,8,15H,3-4,7,9H2,1-2H3,(H,14,17). The number of anilines is 1. The van der Waals surface area contributed by atoms with Gasteiger partial charge in [-0.3, -0.25) is 14.9 Å². The number of hydrogen-bond donors (Lipinski definition) is 2. The third-order valence-corrected chi connectivity index (χ3v) is 2.69. The molecule has 2 N–H and O–H groups in total. The summed E-state index contributed by atoms with van der Waals surface area (Å²) in [5.41, 5.74) is 1.35. The Labute approximate surface area is 112 Å². The highest BCUT2D eigenvalue weighted by atomic mass is 16.6. The van der Waals surface area contributed by atoms with Crippen LogP contribution in [0.5, 0.6) is 0 Å². The predicted octanol–water partition coefficient (Wildman–Crippen LogP) is 2.10. The van der Waals surface area contributed by atoms with Crippen LogP contribution >= 0.6 is 0 Å². The summed E-state index contributed by atoms with van der Waals surface area (Å²) in [6.07, 6.45) is 1.48. The van der Waals surface area contributed by atoms with Crippen molar-refractivity contribution in [1.82, 2.24) is 5.32 Å². The highest BCUT2D eigenvalue weighted by Crippen LogP contribution is 2.23. The number of amides is 1. The van der Waals surface area contributed by atoms with E-state index < -0.39 is 4.92 Å². The number of nitrogens with one attached hydrogen (secondary N) is 2. The van der Waals surface area contributed by atoms with E-state index in [2.05, 4.69) is 10.6 Å². The van der Waals surface area contributed by atoms with Crippen molar-refractivity contribution in [3.05, 3.63) is 33.9 Å². The Hall–Kier alpha value is -2.11. The van der Waals surface area contributed by atoms with E-state index in [9.17, 15) is 14.9 Å². The van der Waals surface area contributed by atoms with Gasteiger partial charge in [0.25, 0.3) is 5.69 Å². The van der Waals surface area contributed by atoms with Gasteiger partial charge in [-0.05, 0) is 18.9 Å². The SMILES string of the molecule is CCCNC(=O)CNc1ccc(CC)c([N+](=O)[O-])c1. The summed E-state index contributed by atoms with van der Waals surface area (Å²) in [5, 5.41) is 16.5. The van der Waals surface area contributed by atoms with Crippen molar-refractivity contribution in [2.75, 3.05) is 18.4 Å². The zero-order valence-electron chi connectivity index (χ0n) is 11.2. The molecule has 104 valence electrons. The van der Waals surface area contributed by atoms with E-state index in [4.69, 9.17) is 0 Å². The summed E-state index contributed by atoms with van der Waals surface area (Å²) in [5.74, 6) is -0.121. The molecule has 0 fully saturated rings. The normalized spacial score (nSPS) is 10.0. The van der Waals surface area contributed by atoms with E-state index in [1.165, 1.54) is 6.07 Å². The molecule has 0 bridgehead atoms. The number of nitrogens with zero attached hydrogens (tertiary/aromatic N) is 1. The van der Waals surface area contributed by atoms with Crippen LogP contribution < -0.4 is 10.6 Å². The zero-order chi connectivity index (χ0) is 14.3. The van der Waals surface area contributed by atoms with E-state index >= 15 is 0 Å². The van der Waals surface area contributed by atoms with E-state index in [1.807, 2.05) is 13.8 Å². The topological polar surface area (TPSA) is 84.3 Å². The molecule has 0 radical (unpaired) electrons. The van der Waals surface area contributed by atoms with E-state index in [0.717, 1.165) is 6.42 Å². The van der Waals surface area contributed by atoms with Gasteiger partial charge in [-0.25, -0.2) is 0 Å². The third kappa shape index (κ3) is 4.57. The molecule has 1 rings (SSSR count). The molecule has 0 aliphatic rings. The van der Waals surface area contributed by atoms with Crippen molar-refractivity contribution in [3.63, 3.8) is 0 Å². The first-order valence-electron chi connectivity index (χ1n) is 6.36. The number of benzene rings is 1. The largest absolute Gasteiger partial charge is 0.376 e. The maximum Gasteiger partial charge on any atom is 0.274 e. The summed E-state index contributed by atoms with van der Waals surface area (Å²) >= 11 is 0. The van der Waals surface area contributed by atoms with Crippen LogP contribution in [0.2, 0.25) is 0 Å². The monoisotopic (exact) mass is 265 g/mol. The van der Waals surface area contributed by atoms with Gasteiger partial charge in [0, 0.05) is 23.9 Å². The summed E-state index contributed by atoms with van der Waals surface area (Å²) < 4.78 is 0. The fourth-order valence-electron chi connectivity index (χ4n) is 1.65. The smallest absolute Gasteiger partial charge is 0.274 e. The second-order valence-corrected chi connectivity index (χ2v) is 4.16. The maximum atomic E-state index is 11.4. The van der Waals surface area contributed by atoms with Crippen LogP contribution in [0.4, 0.5) is 11.4 Å². The molecule has 0 saturated heterocycles. The van der Waals surface area contributed by atoms with Crippen molar-refractivity contribution >= 4 is 17.3 Å². The fourth-order valence-corrected chi connectivity index (χ4v) is 1.65. The molecule has 0 saturated carbocycles. The van der Waals surface area contributed by atoms with Crippen molar-refractivity contribution < 1.29 is 9.72 Å². The van der Waals surface area contributed by atoms with Crippen molar-refractivity contribution in [2.24, 2.45) is 0 Å². The molecule has 0 spiro atoms. The molecule has 0 heterocycles. The van der Waals surface area contributed by atoms with Crippen molar-refractivity contribution in [1.29, 1.82) is 0 Å². The van der Waals surface area contributed by atoms with Gasteiger partial charge in [0.2, 0.25) is 5.91 Å². The Bertz CT molecular complexity index is 460. The predicted molar refractivity (Wildman–Crippen MR) is 74.3 cm³/mol. The summed E-state index contributed by atoms with van der Waals surface area (Å²) in [6, 6.07) is 4.93. The molecule has 0 aliphatic carbocycles. The molecule has 6 heteroatoms. The quantitative estimate of drug-likeness (QED) is 0.584. The lowest BCUT2D eigenvalue weighted by molar-refractivity contribution is -0.385. The van der Waals surface area contributed by atoms with Gasteiger partial charge < -0.3 is 10.6 Å². The Morgan fingerprint density at radius 3 is 2.68 bits per heavy atom. The van der Waals surface area contributed by atoms with Crippen LogP contribution in [0.25, 0.3) is 0 Å². The summed E-state index contributed by atoms with van der Waals surface area (Å²) in [6.45, 7) is 4.59. The van der Waals surface area contributed by atoms with Gasteiger partial charge in [-0.1, -0.05) is 19.9 Å². The molecule has 1 aromatic rings. The Kier molecular flexibility index (Phi) is 5.78. The second-order valence-electron chi connectivity index (χ2n) is 4.16. The van der Waals surface area contributed by atoms with Gasteiger partial charge in [-0.2, -0.15) is 0 Å². The highest BCUT2D eigenvalue weighted by Gasteiger charge is 2.13. The van der Waals surface area contributed by atoms with E-state index in [1.54, 1.807) is 12.1 Å². The minimum atomic E-state index is -0.402. The lowest BCUT2D eigenvalue weighted by Crippen LogP contribution is -2.30. The van der Waals surface area contributed by atoms with Gasteiger partial charge in [-0.15, -0.1) is 0 Å². The molecular weight excluding hydrogens is 246 g/mol. The Morgan fingerprint density at radius 1 is 1.37 bits per heavy atom. The number of aryl methyl sites for hydroxylation is 1. The summed E-state index contributed by atoms with van der Waals surface area (Å²) in [7, 11) is 0. The first-order valence-corrected chi connectivity index (χ1v) is 6.36. The fraction of sp³-hybridized carbons (Fsp3) is 0.462. The molecule has 0 unspecified atom stereocenters. The molecule has 0 aromatic heterocycles. The Balaban J connectivity index is 2.67. The molecule has 0 atom stereocenters. The van der Waals surface area contributed by atoms with Gasteiger partial charge in [0.05, 0.1) is 11.5 Å². The van der Waals surface area contributed by atoms with E-state index in [-0.39, 0.29) is 18.1 Å². The Morgan fingerprint density at radius 2 is 2.11 bits per heavy atom. The number of carbonyl (C=O) groups excluding carboxylic acids is 1. The minimum absolute atomic E-state index is 0.0847. The second kappa shape index (κ2) is 7.35. The van der Waals surface area contributed by atoms with Crippen molar-refractivity contribution in [2.45, 2.75) is 26.7 Å². The van der Waals surface area contributed by atoms with Crippen LogP contribution in [-0.2, 0) is 11.2 Å². The lowest BCUT2D eigenvalue weighted by atomic mass is 10.1. The van der Waals surface area contributed by atoms with Crippen LogP contribution in [0.15, 0.2) is 18.2 Å². The minimum Gasteiger partial charge on any atom is -0.376 e. The first-order chi connectivity index (χ1) is 9.08. The van der Waals surface area contributed by atoms with Crippen LogP contribution in [0.1, 0.15) is 25.8 Å². The van der Waals surface area contributed by atoms with Crippen LogP contribution in [0, 0.1) is 10.1 Å². The zero-order valence-corrected chi connectivity index (χ0v) is 11.2. The number of nitro benzene ring substituents is 1. The molecule has 6 nitrogen and oxygen atoms in total. The summed E-state index contributed by atoms with van der Waals surface area (Å²) in [4.78, 5) is 21.9. The van der Waals surface area contributed by atoms with Crippen LogP contribution in [0.3, 0.4) is 0 Å². The molecule has 0 aliphatic heterocycles. The third-order valence-electron chi connectivity index (χ3n) is 2.69. The molecule has 1 amide bonds. The number of carbonyl (C=O) groups is 1. The highest BCUT2D eigenvalue weighted by molar-refractivity contribution is 5.80. The molecular formula is C13H19N3O3. The maximum absolute atomic E-state index is 11.4. The van der Waals surface area contributed by atoms with Crippen LogP contribution in [-0.4, -0.2) is 23.9 Å². The number of rotatable bonds is 7. The number of nitro groups is 1. The molecule has 19 heavy (non-hydrogen) atoms. The van der Waals surface area contributed by atoms with Gasteiger partial charge in [0.1, 0.15) is 0 Å². The van der Waals surface area contributed by atoms with Gasteiger partial charge in [0.15, 0.2) is 0 Å². The lowest BCUT2D eigenvalue weighted by Gasteiger charge is -2.08. The average molecular weight is 265 g/mol. The first kappa shape index (κ1) is 14.9. The van der Waals surface area contributed by atoms with Crippen molar-refractivity contribution in [3.8, 4) is 0 Å². The van der Waals surface area contributed by atoms with Gasteiger partial charge >= 0.3 is 0 Å².